The van der Waals surface area contributed by atoms with Gasteiger partial charge in [-0.15, -0.1) is 0 Å². The number of carbonyl (C=O) groups excluding carboxylic acids is 2. The summed E-state index contributed by atoms with van der Waals surface area (Å²) in [6, 6.07) is 5.48. The average Bonchev–Trinajstić information content (AvgIpc) is 3.33. The van der Waals surface area contributed by atoms with Crippen molar-refractivity contribution in [3.8, 4) is 0 Å². The fourth-order valence-electron chi connectivity index (χ4n) is 3.68. The first kappa shape index (κ1) is 15.0. The van der Waals surface area contributed by atoms with Crippen molar-refractivity contribution in [1.82, 2.24) is 5.32 Å². The van der Waals surface area contributed by atoms with Gasteiger partial charge in [0.1, 0.15) is 0 Å². The first-order valence-electron chi connectivity index (χ1n) is 7.87. The monoisotopic (exact) mass is 301 g/mol. The molecule has 3 N–H and O–H groups in total. The summed E-state index contributed by atoms with van der Waals surface area (Å²) in [4.78, 5) is 26.0. The molecule has 5 heteroatoms. The van der Waals surface area contributed by atoms with E-state index in [1.54, 1.807) is 20.0 Å². The minimum absolute atomic E-state index is 0.0459. The Kier molecular flexibility index (Phi) is 3.68. The molecule has 3 rings (SSSR count). The van der Waals surface area contributed by atoms with Crippen molar-refractivity contribution in [1.29, 1.82) is 0 Å². The van der Waals surface area contributed by atoms with Crippen LogP contribution >= 0.6 is 0 Å². The molecule has 1 heterocycles. The van der Waals surface area contributed by atoms with E-state index in [2.05, 4.69) is 12.2 Å². The summed E-state index contributed by atoms with van der Waals surface area (Å²) in [6.07, 6.45) is 2.33. The summed E-state index contributed by atoms with van der Waals surface area (Å²) in [5.41, 5.74) is 8.78. The van der Waals surface area contributed by atoms with Gasteiger partial charge in [0.25, 0.3) is 5.91 Å². The third kappa shape index (κ3) is 2.29. The molecule has 118 valence electrons. The van der Waals surface area contributed by atoms with E-state index in [-0.39, 0.29) is 29.8 Å². The Morgan fingerprint density at radius 1 is 1.32 bits per heavy atom. The zero-order valence-electron chi connectivity index (χ0n) is 13.3. The third-order valence-electron chi connectivity index (χ3n) is 4.98. The minimum Gasteiger partial charge on any atom is -0.355 e. The maximum absolute atomic E-state index is 12.2. The average molecular weight is 301 g/mol. The second-order valence-corrected chi connectivity index (χ2v) is 6.45. The van der Waals surface area contributed by atoms with Crippen LogP contribution < -0.4 is 16.0 Å². The number of fused-ring (bicyclic) bond motifs is 1. The lowest BCUT2D eigenvalue weighted by atomic mass is 9.80. The van der Waals surface area contributed by atoms with Crippen molar-refractivity contribution in [2.24, 2.45) is 17.6 Å². The van der Waals surface area contributed by atoms with Crippen molar-refractivity contribution < 1.29 is 9.59 Å². The van der Waals surface area contributed by atoms with Crippen molar-refractivity contribution in [3.63, 3.8) is 0 Å². The van der Waals surface area contributed by atoms with Gasteiger partial charge in [-0.2, -0.15) is 0 Å². The van der Waals surface area contributed by atoms with Crippen LogP contribution in [0.3, 0.4) is 0 Å². The highest BCUT2D eigenvalue weighted by Gasteiger charge is 2.46. The summed E-state index contributed by atoms with van der Waals surface area (Å²) in [6.45, 7) is 3.72. The first-order valence-corrected chi connectivity index (χ1v) is 7.87. The number of hydrogen-bond donors (Lipinski definition) is 2. The number of nitrogens with one attached hydrogen (secondary N) is 1. The largest absolute Gasteiger partial charge is 0.355 e. The molecule has 1 aromatic carbocycles. The Balaban J connectivity index is 2.09. The van der Waals surface area contributed by atoms with Gasteiger partial charge in [-0.3, -0.25) is 9.59 Å². The highest BCUT2D eigenvalue weighted by Crippen LogP contribution is 2.48. The third-order valence-corrected chi connectivity index (χ3v) is 4.98. The molecule has 3 atom stereocenters. The second-order valence-electron chi connectivity index (χ2n) is 6.45. The van der Waals surface area contributed by atoms with Gasteiger partial charge in [-0.1, -0.05) is 6.92 Å². The van der Waals surface area contributed by atoms with Gasteiger partial charge in [0.15, 0.2) is 0 Å². The predicted octanol–water partition coefficient (Wildman–Crippen LogP) is 1.83. The number of rotatable bonds is 2. The van der Waals surface area contributed by atoms with Crippen LogP contribution in [0.5, 0.6) is 0 Å². The summed E-state index contributed by atoms with van der Waals surface area (Å²) in [5, 5.41) is 2.62. The molecule has 0 aromatic heterocycles. The number of nitrogens with zero attached hydrogens (tertiary/aromatic N) is 1. The van der Waals surface area contributed by atoms with E-state index in [0.29, 0.717) is 11.5 Å². The van der Waals surface area contributed by atoms with Gasteiger partial charge in [-0.25, -0.2) is 0 Å². The molecule has 22 heavy (non-hydrogen) atoms. The maximum Gasteiger partial charge on any atom is 0.251 e. The summed E-state index contributed by atoms with van der Waals surface area (Å²) < 4.78 is 0. The Morgan fingerprint density at radius 3 is 2.55 bits per heavy atom. The fourth-order valence-corrected chi connectivity index (χ4v) is 3.68. The molecule has 1 fully saturated rings. The number of benzene rings is 1. The van der Waals surface area contributed by atoms with Gasteiger partial charge in [0.05, 0.1) is 0 Å². The van der Waals surface area contributed by atoms with E-state index in [9.17, 15) is 9.59 Å². The topological polar surface area (TPSA) is 75.4 Å². The van der Waals surface area contributed by atoms with Crippen molar-refractivity contribution in [2.45, 2.75) is 38.8 Å². The van der Waals surface area contributed by atoms with Gasteiger partial charge >= 0.3 is 0 Å². The predicted molar refractivity (Wildman–Crippen MR) is 85.6 cm³/mol. The van der Waals surface area contributed by atoms with Crippen LogP contribution in [-0.2, 0) is 4.79 Å². The molecule has 1 aliphatic carbocycles. The minimum atomic E-state index is -0.152. The maximum atomic E-state index is 12.2. The smallest absolute Gasteiger partial charge is 0.251 e. The molecule has 0 spiro atoms. The molecule has 1 aliphatic heterocycles. The number of anilines is 1. The quantitative estimate of drug-likeness (QED) is 0.875. The van der Waals surface area contributed by atoms with Crippen LogP contribution in [0, 0.1) is 11.8 Å². The van der Waals surface area contributed by atoms with E-state index in [0.717, 1.165) is 24.1 Å². The lowest BCUT2D eigenvalue weighted by molar-refractivity contribution is -0.117. The second kappa shape index (κ2) is 5.39. The summed E-state index contributed by atoms with van der Waals surface area (Å²) in [5.74, 6) is 0.645. The number of carbonyl (C=O) groups is 2. The molecule has 2 amide bonds. The van der Waals surface area contributed by atoms with Crippen molar-refractivity contribution in [2.75, 3.05) is 11.9 Å². The highest BCUT2D eigenvalue weighted by atomic mass is 16.2. The molecular weight excluding hydrogens is 278 g/mol. The molecule has 1 aromatic rings. The summed E-state index contributed by atoms with van der Waals surface area (Å²) in [7, 11) is 1.61. The van der Waals surface area contributed by atoms with E-state index >= 15 is 0 Å². The van der Waals surface area contributed by atoms with E-state index in [1.807, 2.05) is 17.0 Å². The normalized spacial score (nSPS) is 27.3. The van der Waals surface area contributed by atoms with Crippen LogP contribution in [0.4, 0.5) is 5.69 Å². The van der Waals surface area contributed by atoms with E-state index in [4.69, 9.17) is 5.73 Å². The lowest BCUT2D eigenvalue weighted by Gasteiger charge is -2.44. The summed E-state index contributed by atoms with van der Waals surface area (Å²) >= 11 is 0. The molecule has 0 radical (unpaired) electrons. The Morgan fingerprint density at radius 2 is 2.00 bits per heavy atom. The number of nitrogens with two attached hydrogens (primary N) is 1. The number of amides is 2. The van der Waals surface area contributed by atoms with Crippen LogP contribution in [0.2, 0.25) is 0 Å². The van der Waals surface area contributed by atoms with Crippen molar-refractivity contribution in [3.05, 3.63) is 29.3 Å². The van der Waals surface area contributed by atoms with Gasteiger partial charge in [-0.05, 0) is 48.4 Å². The molecule has 0 saturated heterocycles. The van der Waals surface area contributed by atoms with Crippen molar-refractivity contribution >= 4 is 17.5 Å². The SMILES string of the molecule is CNC(=O)c1ccc2c(c1)[C@H](N)C(C)C(C1CC1)N2C(C)=O. The standard InChI is InChI=1S/C17H23N3O2/c1-9-15(18)13-8-12(17(22)19-3)6-7-14(13)20(10(2)21)16(9)11-4-5-11/h6-9,11,15-16H,4-5,18H2,1-3H3,(H,19,22)/t9?,15-,16?/m1/s1. The molecule has 1 saturated carbocycles. The van der Waals surface area contributed by atoms with Crippen LogP contribution in [-0.4, -0.2) is 24.9 Å². The number of hydrogen-bond acceptors (Lipinski definition) is 3. The van der Waals surface area contributed by atoms with E-state index < -0.39 is 0 Å². The first-order chi connectivity index (χ1) is 10.5. The van der Waals surface area contributed by atoms with E-state index in [1.165, 1.54) is 0 Å². The van der Waals surface area contributed by atoms with Crippen LogP contribution in [0.25, 0.3) is 0 Å². The van der Waals surface area contributed by atoms with Crippen LogP contribution in [0.1, 0.15) is 48.7 Å². The Hall–Kier alpha value is -1.88. The van der Waals surface area contributed by atoms with Gasteiger partial charge < -0.3 is 16.0 Å². The van der Waals surface area contributed by atoms with Crippen LogP contribution in [0.15, 0.2) is 18.2 Å². The fraction of sp³-hybridized carbons (Fsp3) is 0.529. The Labute approximate surface area is 130 Å². The molecular formula is C17H23N3O2. The zero-order chi connectivity index (χ0) is 16.0. The molecule has 2 unspecified atom stereocenters. The molecule has 2 aliphatic rings. The highest BCUT2D eigenvalue weighted by molar-refractivity contribution is 5.97. The van der Waals surface area contributed by atoms with Gasteiger partial charge in [0, 0.05) is 37.3 Å². The molecule has 0 bridgehead atoms. The van der Waals surface area contributed by atoms with Gasteiger partial charge in [0.2, 0.25) is 5.91 Å². The molecule has 5 nitrogen and oxygen atoms in total. The zero-order valence-corrected chi connectivity index (χ0v) is 13.3. The Bertz CT molecular complexity index is 624. The lowest BCUT2D eigenvalue weighted by Crippen LogP contribution is -2.51.